The molecule has 3 N–H and O–H groups in total. The lowest BCUT2D eigenvalue weighted by Gasteiger charge is -2.17. The smallest absolute Gasteiger partial charge is 0.321 e. The van der Waals surface area contributed by atoms with Gasteiger partial charge >= 0.3 is 6.03 Å². The van der Waals surface area contributed by atoms with Gasteiger partial charge in [-0.15, -0.1) is 0 Å². The van der Waals surface area contributed by atoms with E-state index >= 15 is 0 Å². The number of carbonyl (C=O) groups excluding carboxylic acids is 1. The molecule has 0 radical (unpaired) electrons. The molecule has 0 bridgehead atoms. The zero-order valence-corrected chi connectivity index (χ0v) is 10.1. The summed E-state index contributed by atoms with van der Waals surface area (Å²) < 4.78 is 0. The summed E-state index contributed by atoms with van der Waals surface area (Å²) in [4.78, 5) is 23.2. The molecule has 98 valence electrons. The minimum Gasteiger partial charge on any atom is -0.330 e. The first-order valence-electron chi connectivity index (χ1n) is 5.51. The van der Waals surface area contributed by atoms with Gasteiger partial charge in [-0.25, -0.2) is 4.79 Å². The van der Waals surface area contributed by atoms with E-state index in [9.17, 15) is 14.9 Å². The molecule has 7 nitrogen and oxygen atoms in total. The summed E-state index contributed by atoms with van der Waals surface area (Å²) in [5.41, 5.74) is 5.86. The zero-order chi connectivity index (χ0) is 13.5. The number of anilines is 1. The quantitative estimate of drug-likeness (QED) is 0.611. The van der Waals surface area contributed by atoms with Gasteiger partial charge in [-0.3, -0.25) is 10.1 Å². The summed E-state index contributed by atoms with van der Waals surface area (Å²) in [7, 11) is 1.66. The van der Waals surface area contributed by atoms with E-state index in [1.54, 1.807) is 7.05 Å². The van der Waals surface area contributed by atoms with Crippen LogP contribution in [0.25, 0.3) is 0 Å². The van der Waals surface area contributed by atoms with E-state index in [2.05, 4.69) is 5.32 Å². The maximum Gasteiger partial charge on any atom is 0.321 e. The predicted octanol–water partition coefficient (Wildman–Crippen LogP) is 1.41. The lowest BCUT2D eigenvalue weighted by molar-refractivity contribution is -0.384. The highest BCUT2D eigenvalue weighted by Crippen LogP contribution is 2.15. The van der Waals surface area contributed by atoms with Gasteiger partial charge in [0.25, 0.3) is 5.69 Å². The van der Waals surface area contributed by atoms with Crippen molar-refractivity contribution in [2.24, 2.45) is 5.73 Å². The molecular formula is C11H16N4O3. The third-order valence-corrected chi connectivity index (χ3v) is 2.37. The first-order chi connectivity index (χ1) is 8.54. The number of hydrogen-bond donors (Lipinski definition) is 2. The van der Waals surface area contributed by atoms with E-state index in [1.807, 2.05) is 0 Å². The molecule has 0 heterocycles. The van der Waals surface area contributed by atoms with E-state index in [4.69, 9.17) is 5.73 Å². The van der Waals surface area contributed by atoms with Crippen molar-refractivity contribution in [2.75, 3.05) is 25.5 Å². The number of urea groups is 1. The monoisotopic (exact) mass is 252 g/mol. The predicted molar refractivity (Wildman–Crippen MR) is 68.4 cm³/mol. The maximum absolute atomic E-state index is 11.7. The third kappa shape index (κ3) is 4.02. The van der Waals surface area contributed by atoms with Gasteiger partial charge < -0.3 is 16.0 Å². The molecule has 0 saturated carbocycles. The number of non-ortho nitro benzene ring substituents is 1. The first kappa shape index (κ1) is 13.9. The topological polar surface area (TPSA) is 102 Å². The fourth-order valence-corrected chi connectivity index (χ4v) is 1.32. The number of carbonyl (C=O) groups is 1. The third-order valence-electron chi connectivity index (χ3n) is 2.37. The van der Waals surface area contributed by atoms with Crippen molar-refractivity contribution in [2.45, 2.75) is 6.42 Å². The van der Waals surface area contributed by atoms with Gasteiger partial charge in [-0.05, 0) is 25.1 Å². The van der Waals surface area contributed by atoms with Gasteiger partial charge in [-0.2, -0.15) is 0 Å². The second-order valence-electron chi connectivity index (χ2n) is 3.80. The maximum atomic E-state index is 11.7. The minimum atomic E-state index is -0.487. The van der Waals surface area contributed by atoms with Crippen LogP contribution in [0.5, 0.6) is 0 Å². The van der Waals surface area contributed by atoms with Gasteiger partial charge in [0.15, 0.2) is 0 Å². The molecule has 18 heavy (non-hydrogen) atoms. The Labute approximate surface area is 105 Å². The van der Waals surface area contributed by atoms with E-state index in [-0.39, 0.29) is 11.7 Å². The molecule has 0 spiro atoms. The molecule has 0 saturated heterocycles. The zero-order valence-electron chi connectivity index (χ0n) is 10.1. The SMILES string of the molecule is CN(CCCN)C(=O)Nc1ccc([N+](=O)[O-])cc1. The second kappa shape index (κ2) is 6.55. The highest BCUT2D eigenvalue weighted by molar-refractivity contribution is 5.89. The summed E-state index contributed by atoms with van der Waals surface area (Å²) in [6.07, 6.45) is 0.726. The number of nitro groups is 1. The lowest BCUT2D eigenvalue weighted by Crippen LogP contribution is -2.32. The summed E-state index contributed by atoms with van der Waals surface area (Å²) in [5, 5.41) is 13.1. The number of nitrogens with two attached hydrogens (primary N) is 1. The highest BCUT2D eigenvalue weighted by Gasteiger charge is 2.09. The average molecular weight is 252 g/mol. The second-order valence-corrected chi connectivity index (χ2v) is 3.80. The summed E-state index contributed by atoms with van der Waals surface area (Å²) in [6, 6.07) is 5.40. The number of benzene rings is 1. The average Bonchev–Trinajstić information content (AvgIpc) is 2.36. The Bertz CT molecular complexity index is 419. The van der Waals surface area contributed by atoms with Gasteiger partial charge in [0.1, 0.15) is 0 Å². The van der Waals surface area contributed by atoms with Crippen molar-refractivity contribution in [1.29, 1.82) is 0 Å². The molecule has 2 amide bonds. The van der Waals surface area contributed by atoms with Crippen LogP contribution in [0, 0.1) is 10.1 Å². The molecule has 0 atom stereocenters. The van der Waals surface area contributed by atoms with Crippen molar-refractivity contribution in [1.82, 2.24) is 4.90 Å². The van der Waals surface area contributed by atoms with Crippen LogP contribution in [0.1, 0.15) is 6.42 Å². The summed E-state index contributed by atoms with van der Waals surface area (Å²) in [6.45, 7) is 1.09. The molecule has 0 unspecified atom stereocenters. The molecule has 1 aromatic rings. The lowest BCUT2D eigenvalue weighted by atomic mass is 10.3. The van der Waals surface area contributed by atoms with Gasteiger partial charge in [0.2, 0.25) is 0 Å². The normalized spacial score (nSPS) is 9.89. The van der Waals surface area contributed by atoms with Crippen LogP contribution in [0.2, 0.25) is 0 Å². The van der Waals surface area contributed by atoms with Gasteiger partial charge in [-0.1, -0.05) is 0 Å². The number of nitrogens with one attached hydrogen (secondary N) is 1. The van der Waals surface area contributed by atoms with Crippen LogP contribution in [0.4, 0.5) is 16.2 Å². The van der Waals surface area contributed by atoms with Crippen LogP contribution in [0.15, 0.2) is 24.3 Å². The Morgan fingerprint density at radius 3 is 2.56 bits per heavy atom. The standard InChI is InChI=1S/C11H16N4O3/c1-14(8-2-7-12)11(16)13-9-3-5-10(6-4-9)15(17)18/h3-6H,2,7-8,12H2,1H3,(H,13,16). The van der Waals surface area contributed by atoms with Crippen LogP contribution in [-0.4, -0.2) is 36.0 Å². The van der Waals surface area contributed by atoms with E-state index in [1.165, 1.54) is 29.2 Å². The van der Waals surface area contributed by atoms with Crippen LogP contribution < -0.4 is 11.1 Å². The van der Waals surface area contributed by atoms with Gasteiger partial charge in [0, 0.05) is 31.4 Å². The minimum absolute atomic E-state index is 0.00974. The molecule has 1 aromatic carbocycles. The van der Waals surface area contributed by atoms with Crippen molar-refractivity contribution in [3.05, 3.63) is 34.4 Å². The van der Waals surface area contributed by atoms with E-state index in [0.29, 0.717) is 18.8 Å². The molecule has 0 aromatic heterocycles. The Hall–Kier alpha value is -2.15. The molecule has 1 rings (SSSR count). The molecule has 0 aliphatic rings. The molecule has 0 fully saturated rings. The Morgan fingerprint density at radius 2 is 2.06 bits per heavy atom. The fourth-order valence-electron chi connectivity index (χ4n) is 1.32. The van der Waals surface area contributed by atoms with Crippen molar-refractivity contribution < 1.29 is 9.72 Å². The number of rotatable bonds is 5. The Balaban J connectivity index is 2.56. The first-order valence-corrected chi connectivity index (χ1v) is 5.51. The highest BCUT2D eigenvalue weighted by atomic mass is 16.6. The fraction of sp³-hybridized carbons (Fsp3) is 0.364. The van der Waals surface area contributed by atoms with Gasteiger partial charge in [0.05, 0.1) is 4.92 Å². The van der Waals surface area contributed by atoms with Crippen molar-refractivity contribution in [3.8, 4) is 0 Å². The Kier molecular flexibility index (Phi) is 5.06. The molecule has 0 aliphatic carbocycles. The largest absolute Gasteiger partial charge is 0.330 e. The summed E-state index contributed by atoms with van der Waals surface area (Å²) in [5.74, 6) is 0. The van der Waals surface area contributed by atoms with Crippen LogP contribution in [0.3, 0.4) is 0 Å². The molecule has 0 aliphatic heterocycles. The van der Waals surface area contributed by atoms with Crippen LogP contribution in [-0.2, 0) is 0 Å². The van der Waals surface area contributed by atoms with E-state index in [0.717, 1.165) is 6.42 Å². The Morgan fingerprint density at radius 1 is 1.44 bits per heavy atom. The number of nitrogens with zero attached hydrogens (tertiary/aromatic N) is 2. The van der Waals surface area contributed by atoms with Crippen LogP contribution >= 0.6 is 0 Å². The van der Waals surface area contributed by atoms with Crippen molar-refractivity contribution in [3.63, 3.8) is 0 Å². The number of amides is 2. The molecular weight excluding hydrogens is 236 g/mol. The number of hydrogen-bond acceptors (Lipinski definition) is 4. The molecule has 7 heteroatoms. The summed E-state index contributed by atoms with van der Waals surface area (Å²) >= 11 is 0. The van der Waals surface area contributed by atoms with E-state index < -0.39 is 4.92 Å². The number of nitro benzene ring substituents is 1. The van der Waals surface area contributed by atoms with Crippen molar-refractivity contribution >= 4 is 17.4 Å².